The molecule has 0 aromatic heterocycles. The van der Waals surface area contributed by atoms with Gasteiger partial charge >= 0.3 is 0 Å². The van der Waals surface area contributed by atoms with Crippen molar-refractivity contribution in [3.63, 3.8) is 0 Å². The average Bonchev–Trinajstić information content (AvgIpc) is 1.98. The maximum atomic E-state index is 4.17. The van der Waals surface area contributed by atoms with Crippen LogP contribution in [0.3, 0.4) is 0 Å². The Balaban J connectivity index is 3.16. The maximum Gasteiger partial charge on any atom is 0.0477 e. The van der Waals surface area contributed by atoms with Gasteiger partial charge in [-0.1, -0.05) is 6.92 Å². The lowest BCUT2D eigenvalue weighted by molar-refractivity contribution is 0.301. The lowest BCUT2D eigenvalue weighted by Gasteiger charge is -2.10. The van der Waals surface area contributed by atoms with E-state index in [-0.39, 0.29) is 0 Å². The van der Waals surface area contributed by atoms with Crippen molar-refractivity contribution in [1.29, 1.82) is 0 Å². The van der Waals surface area contributed by atoms with Crippen LogP contribution in [0, 0.1) is 0 Å². The first-order valence-electron chi connectivity index (χ1n) is 3.68. The lowest BCUT2D eigenvalue weighted by atomic mass is 10.5. The zero-order valence-corrected chi connectivity index (χ0v) is 7.09. The highest BCUT2D eigenvalue weighted by atomic mass is 15.5. The summed E-state index contributed by atoms with van der Waals surface area (Å²) >= 11 is 0. The summed E-state index contributed by atoms with van der Waals surface area (Å²) in [6.45, 7) is 3.94. The van der Waals surface area contributed by atoms with Crippen LogP contribution < -0.4 is 5.43 Å². The molecule has 0 aromatic rings. The summed E-state index contributed by atoms with van der Waals surface area (Å²) in [5, 5.41) is 1.97. The van der Waals surface area contributed by atoms with Gasteiger partial charge < -0.3 is 0 Å². The van der Waals surface area contributed by atoms with E-state index in [2.05, 4.69) is 17.3 Å². The Kier molecular flexibility index (Phi) is 6.43. The third kappa shape index (κ3) is 5.72. The minimum Gasteiger partial charge on any atom is -0.296 e. The van der Waals surface area contributed by atoms with Crippen LogP contribution in [0.5, 0.6) is 0 Å². The molecular weight excluding hydrogens is 126 g/mol. The molecule has 0 saturated heterocycles. The summed E-state index contributed by atoms with van der Waals surface area (Å²) in [6.07, 6.45) is 3.06. The van der Waals surface area contributed by atoms with Crippen molar-refractivity contribution in [3.05, 3.63) is 0 Å². The van der Waals surface area contributed by atoms with E-state index in [1.165, 1.54) is 0 Å². The molecule has 0 atom stereocenters. The number of nitrogens with one attached hydrogen (secondary N) is 1. The number of hydrogen-bond acceptors (Lipinski definition) is 3. The summed E-state index contributed by atoms with van der Waals surface area (Å²) in [7, 11) is 3.88. The van der Waals surface area contributed by atoms with Crippen molar-refractivity contribution in [2.75, 3.05) is 27.2 Å². The fraction of sp³-hybridized carbons (Fsp3) is 0.857. The molecule has 0 aliphatic rings. The lowest BCUT2D eigenvalue weighted by Crippen LogP contribution is -2.32. The Bertz CT molecular complexity index is 90.9. The van der Waals surface area contributed by atoms with Gasteiger partial charge in [0, 0.05) is 26.4 Å². The normalized spacial score (nSPS) is 11.6. The van der Waals surface area contributed by atoms with E-state index >= 15 is 0 Å². The largest absolute Gasteiger partial charge is 0.296 e. The van der Waals surface area contributed by atoms with E-state index in [1.54, 1.807) is 0 Å². The van der Waals surface area contributed by atoms with E-state index in [9.17, 15) is 0 Å². The van der Waals surface area contributed by atoms with Gasteiger partial charge in [0.1, 0.15) is 0 Å². The van der Waals surface area contributed by atoms with Crippen molar-refractivity contribution in [2.24, 2.45) is 4.99 Å². The van der Waals surface area contributed by atoms with Gasteiger partial charge in [-0.2, -0.15) is 0 Å². The number of rotatable bonds is 5. The summed E-state index contributed by atoms with van der Waals surface area (Å²) in [4.78, 5) is 4.17. The molecule has 0 rings (SSSR count). The first-order valence-corrected chi connectivity index (χ1v) is 3.68. The Hall–Kier alpha value is -0.410. The number of hydrogen-bond donors (Lipinski definition) is 1. The molecule has 0 aliphatic heterocycles. The van der Waals surface area contributed by atoms with Crippen molar-refractivity contribution in [2.45, 2.75) is 13.3 Å². The van der Waals surface area contributed by atoms with Crippen LogP contribution in [0.1, 0.15) is 13.3 Å². The highest BCUT2D eigenvalue weighted by molar-refractivity contribution is 5.59. The van der Waals surface area contributed by atoms with E-state index in [0.29, 0.717) is 0 Å². The molecular formula is C7H17N3. The molecule has 3 heteroatoms. The van der Waals surface area contributed by atoms with Crippen molar-refractivity contribution < 1.29 is 0 Å². The van der Waals surface area contributed by atoms with Crippen LogP contribution in [-0.4, -0.2) is 38.4 Å². The number of hydrazine groups is 1. The molecule has 0 radical (unpaired) electrons. The fourth-order valence-corrected chi connectivity index (χ4v) is 0.492. The van der Waals surface area contributed by atoms with E-state index in [4.69, 9.17) is 0 Å². The molecule has 0 spiro atoms. The topological polar surface area (TPSA) is 27.6 Å². The monoisotopic (exact) mass is 143 g/mol. The molecule has 0 bridgehead atoms. The van der Waals surface area contributed by atoms with Crippen molar-refractivity contribution in [3.8, 4) is 0 Å². The Morgan fingerprint density at radius 1 is 1.60 bits per heavy atom. The maximum absolute atomic E-state index is 4.17. The second-order valence-electron chi connectivity index (χ2n) is 2.19. The zero-order valence-electron chi connectivity index (χ0n) is 7.09. The van der Waals surface area contributed by atoms with Gasteiger partial charge in [-0.3, -0.25) is 10.4 Å². The van der Waals surface area contributed by atoms with Gasteiger partial charge in [-0.15, -0.1) is 0 Å². The summed E-state index contributed by atoms with van der Waals surface area (Å²) < 4.78 is 0. The minimum atomic E-state index is 0.872. The summed E-state index contributed by atoms with van der Waals surface area (Å²) in [6, 6.07) is 0. The quantitative estimate of drug-likeness (QED) is 0.449. The van der Waals surface area contributed by atoms with Crippen LogP contribution in [0.15, 0.2) is 4.99 Å². The standard InChI is InChI=1S/C7H17N3/c1-4-5-9-6-7-10(3)8-2/h6,8H,4-5,7H2,1-3H3. The third-order valence-electron chi connectivity index (χ3n) is 1.22. The van der Waals surface area contributed by atoms with E-state index < -0.39 is 0 Å². The second-order valence-corrected chi connectivity index (χ2v) is 2.19. The molecule has 0 amide bonds. The van der Waals surface area contributed by atoms with E-state index in [1.807, 2.05) is 25.3 Å². The smallest absolute Gasteiger partial charge is 0.0477 e. The average molecular weight is 143 g/mol. The molecule has 10 heavy (non-hydrogen) atoms. The predicted molar refractivity (Wildman–Crippen MR) is 45.3 cm³/mol. The summed E-state index contributed by atoms with van der Waals surface area (Å²) in [5.74, 6) is 0. The number of nitrogens with zero attached hydrogens (tertiary/aromatic N) is 2. The minimum absolute atomic E-state index is 0.872. The Morgan fingerprint density at radius 3 is 2.80 bits per heavy atom. The first kappa shape index (κ1) is 9.59. The fourth-order valence-electron chi connectivity index (χ4n) is 0.492. The Morgan fingerprint density at radius 2 is 2.30 bits per heavy atom. The zero-order chi connectivity index (χ0) is 7.82. The van der Waals surface area contributed by atoms with Crippen LogP contribution in [0.4, 0.5) is 0 Å². The third-order valence-corrected chi connectivity index (χ3v) is 1.22. The van der Waals surface area contributed by atoms with Gasteiger partial charge in [0.15, 0.2) is 0 Å². The molecule has 0 heterocycles. The van der Waals surface area contributed by atoms with Crippen LogP contribution in [0.2, 0.25) is 0 Å². The first-order chi connectivity index (χ1) is 4.81. The summed E-state index contributed by atoms with van der Waals surface area (Å²) in [5.41, 5.74) is 2.98. The van der Waals surface area contributed by atoms with E-state index in [0.717, 1.165) is 19.5 Å². The highest BCUT2D eigenvalue weighted by Crippen LogP contribution is 1.75. The molecule has 0 saturated carbocycles. The van der Waals surface area contributed by atoms with Crippen molar-refractivity contribution in [1.82, 2.24) is 10.4 Å². The van der Waals surface area contributed by atoms with Crippen LogP contribution in [0.25, 0.3) is 0 Å². The molecule has 0 fully saturated rings. The molecule has 0 unspecified atom stereocenters. The van der Waals surface area contributed by atoms with Crippen molar-refractivity contribution >= 4 is 6.21 Å². The van der Waals surface area contributed by atoms with Gasteiger partial charge in [0.05, 0.1) is 0 Å². The Labute approximate surface area is 63.1 Å². The van der Waals surface area contributed by atoms with Gasteiger partial charge in [-0.25, -0.2) is 5.01 Å². The number of aliphatic imine (C=N–C) groups is 1. The second kappa shape index (κ2) is 6.71. The van der Waals surface area contributed by atoms with Gasteiger partial charge in [-0.05, 0) is 13.5 Å². The molecule has 3 nitrogen and oxygen atoms in total. The van der Waals surface area contributed by atoms with Gasteiger partial charge in [0.2, 0.25) is 0 Å². The molecule has 60 valence electrons. The molecule has 1 N–H and O–H groups in total. The molecule has 0 aliphatic carbocycles. The SMILES string of the molecule is CCCN=CCN(C)NC. The van der Waals surface area contributed by atoms with Gasteiger partial charge in [0.25, 0.3) is 0 Å². The van der Waals surface area contributed by atoms with Crippen LogP contribution in [-0.2, 0) is 0 Å². The highest BCUT2D eigenvalue weighted by Gasteiger charge is 1.85. The predicted octanol–water partition coefficient (Wildman–Crippen LogP) is 0.533. The molecule has 0 aromatic carbocycles. The van der Waals surface area contributed by atoms with Crippen LogP contribution >= 0.6 is 0 Å².